The molecule has 444 valence electrons. The molecular formula is C41H31N9O26S8. The van der Waals surface area contributed by atoms with E-state index in [2.05, 4.69) is 40.8 Å². The van der Waals surface area contributed by atoms with Crippen LogP contribution >= 0.6 is 11.3 Å². The quantitative estimate of drug-likeness (QED) is 0.0341. The number of thiazole rings is 1. The lowest BCUT2D eigenvalue weighted by Crippen LogP contribution is -2.08. The largest absolute Gasteiger partial charge is 0.505 e. The number of hydrogen-bond acceptors (Lipinski definition) is 30. The Kier molecular flexibility index (Phi) is 21.0. The van der Waals surface area contributed by atoms with Gasteiger partial charge in [0, 0.05) is 22.2 Å². The maximum atomic E-state index is 12.8. The fraction of sp³-hybridized carbons (Fsp3) is 0.0976. The van der Waals surface area contributed by atoms with Crippen LogP contribution in [0.25, 0.3) is 37.4 Å². The highest BCUT2D eigenvalue weighted by Gasteiger charge is 2.25. The normalized spacial score (nSPS) is 12.1. The molecule has 0 fully saturated rings. The molecule has 7 N–H and O–H groups in total. The molecule has 0 radical (unpaired) electrons. The van der Waals surface area contributed by atoms with Crippen molar-refractivity contribution in [2.24, 2.45) is 30.7 Å². The summed E-state index contributed by atoms with van der Waals surface area (Å²) in [6.45, 7) is 1.33. The summed E-state index contributed by atoms with van der Waals surface area (Å²) < 4.78 is 226. The first-order valence-electron chi connectivity index (χ1n) is 21.4. The Labute approximate surface area is 476 Å². The average Bonchev–Trinajstić information content (AvgIpc) is 1.23. The molecule has 0 spiro atoms. The van der Waals surface area contributed by atoms with Crippen molar-refractivity contribution in [3.8, 4) is 23.1 Å². The molecule has 2 heterocycles. The van der Waals surface area contributed by atoms with Crippen LogP contribution in [0.2, 0.25) is 0 Å². The van der Waals surface area contributed by atoms with Crippen LogP contribution in [0, 0.1) is 6.92 Å². The van der Waals surface area contributed by atoms with Gasteiger partial charge in [0.1, 0.15) is 43.0 Å². The van der Waals surface area contributed by atoms with Gasteiger partial charge in [-0.3, -0.25) is 22.8 Å². The molecule has 0 unspecified atom stereocenters. The Morgan fingerprint density at radius 3 is 1.76 bits per heavy atom. The SMILES string of the molecule is Cc1cc(N=Nc2ccc3c(S(=O)(=O)O)c(N=Nc4cnn(-c5ccc6c(S(=O)(=O)O)cc(S(=O)(=O)O)cc6c5)c4O)ccc3c2O)c(OCCCS(=O)(=O)O)cc1N=Nc1nc2c(S(=O)(=O)O)cccc2s1.O=C=O.O=S(=O)=O.O=S(=O)=O. The van der Waals surface area contributed by atoms with E-state index in [0.29, 0.717) is 16.3 Å². The molecule has 2 aromatic heterocycles. The highest BCUT2D eigenvalue weighted by Crippen LogP contribution is 2.44. The van der Waals surface area contributed by atoms with Gasteiger partial charge in [0.25, 0.3) is 50.6 Å². The zero-order valence-electron chi connectivity index (χ0n) is 41.0. The zero-order chi connectivity index (χ0) is 62.9. The van der Waals surface area contributed by atoms with E-state index in [1.807, 2.05) is 0 Å². The first kappa shape index (κ1) is 66.1. The maximum Gasteiger partial charge on any atom is 0.425 e. The van der Waals surface area contributed by atoms with Gasteiger partial charge in [0.2, 0.25) is 11.0 Å². The van der Waals surface area contributed by atoms with E-state index in [-0.39, 0.29) is 85.6 Å². The number of ether oxygens (including phenoxy) is 1. The number of phenols is 1. The lowest BCUT2D eigenvalue weighted by Gasteiger charge is -2.11. The minimum Gasteiger partial charge on any atom is -0.505 e. The van der Waals surface area contributed by atoms with Crippen LogP contribution < -0.4 is 4.74 Å². The number of aromatic hydroxyl groups is 2. The van der Waals surface area contributed by atoms with Gasteiger partial charge in [-0.15, -0.1) is 55.9 Å². The van der Waals surface area contributed by atoms with Crippen LogP contribution in [0.15, 0.2) is 141 Å². The molecule has 0 saturated carbocycles. The van der Waals surface area contributed by atoms with Crippen LogP contribution in [0.3, 0.4) is 0 Å². The van der Waals surface area contributed by atoms with Gasteiger partial charge < -0.3 is 14.9 Å². The van der Waals surface area contributed by atoms with E-state index in [1.54, 1.807) is 13.0 Å². The number of aromatic nitrogens is 3. The number of benzene rings is 6. The van der Waals surface area contributed by atoms with Crippen molar-refractivity contribution in [1.29, 1.82) is 0 Å². The number of hydrogen-bond donors (Lipinski definition) is 7. The number of fused-ring (bicyclic) bond motifs is 3. The summed E-state index contributed by atoms with van der Waals surface area (Å²) in [7, 11) is -30.3. The average molecular weight is 1320 g/mol. The van der Waals surface area contributed by atoms with E-state index in [9.17, 15) is 75.1 Å². The molecule has 35 nitrogen and oxygen atoms in total. The van der Waals surface area contributed by atoms with Gasteiger partial charge in [0.05, 0.1) is 39.5 Å². The summed E-state index contributed by atoms with van der Waals surface area (Å²) >= 11 is 0.973. The van der Waals surface area contributed by atoms with Crippen molar-refractivity contribution >= 4 is 155 Å². The Balaban J connectivity index is 0.00000108. The van der Waals surface area contributed by atoms with Crippen LogP contribution in [0.4, 0.5) is 33.6 Å². The second kappa shape index (κ2) is 26.7. The lowest BCUT2D eigenvalue weighted by atomic mass is 10.1. The minimum atomic E-state index is -5.17. The van der Waals surface area contributed by atoms with Crippen LogP contribution in [-0.2, 0) is 81.4 Å². The van der Waals surface area contributed by atoms with Gasteiger partial charge in [-0.1, -0.05) is 29.5 Å². The summed E-state index contributed by atoms with van der Waals surface area (Å²) in [5.74, 6) is -2.06. The Bertz CT molecular complexity index is 4880. The molecule has 8 aromatic rings. The monoisotopic (exact) mass is 1320 g/mol. The predicted molar refractivity (Wildman–Crippen MR) is 282 cm³/mol. The van der Waals surface area contributed by atoms with Crippen LogP contribution in [0.1, 0.15) is 12.0 Å². The van der Waals surface area contributed by atoms with Crippen LogP contribution in [-0.4, -0.2) is 134 Å². The summed E-state index contributed by atoms with van der Waals surface area (Å²) in [5.41, 5.74) is -0.593. The Hall–Kier alpha value is -8.69. The zero-order valence-corrected chi connectivity index (χ0v) is 47.5. The molecule has 43 heteroatoms. The van der Waals surface area contributed by atoms with Gasteiger partial charge in [-0.2, -0.15) is 61.5 Å². The van der Waals surface area contributed by atoms with Crippen molar-refractivity contribution < 1.29 is 115 Å². The molecule has 8 rings (SSSR count). The summed E-state index contributed by atoms with van der Waals surface area (Å²) in [6, 6.07) is 16.5. The highest BCUT2D eigenvalue weighted by atomic mass is 32.2. The smallest absolute Gasteiger partial charge is 0.425 e. The molecule has 0 saturated heterocycles. The fourth-order valence-electron chi connectivity index (χ4n) is 7.01. The lowest BCUT2D eigenvalue weighted by molar-refractivity contribution is -0.191. The molecule has 0 aliphatic heterocycles. The van der Waals surface area contributed by atoms with Crippen molar-refractivity contribution in [2.75, 3.05) is 12.4 Å². The van der Waals surface area contributed by atoms with E-state index >= 15 is 0 Å². The van der Waals surface area contributed by atoms with Crippen molar-refractivity contribution in [3.63, 3.8) is 0 Å². The van der Waals surface area contributed by atoms with E-state index in [1.165, 1.54) is 36.4 Å². The molecule has 6 aromatic carbocycles. The number of azo groups is 3. The van der Waals surface area contributed by atoms with E-state index in [0.717, 1.165) is 58.6 Å². The summed E-state index contributed by atoms with van der Waals surface area (Å²) in [4.78, 5) is 17.4. The van der Waals surface area contributed by atoms with E-state index in [4.69, 9.17) is 39.6 Å². The van der Waals surface area contributed by atoms with Gasteiger partial charge in [-0.25, -0.2) is 4.98 Å². The second-order valence-corrected chi connectivity index (χ2v) is 24.7. The van der Waals surface area contributed by atoms with Gasteiger partial charge >= 0.3 is 27.4 Å². The topological polar surface area (TPSA) is 563 Å². The molecule has 0 amide bonds. The first-order valence-corrected chi connectivity index (χ1v) is 31.6. The van der Waals surface area contributed by atoms with Gasteiger partial charge in [-0.05, 0) is 85.0 Å². The van der Waals surface area contributed by atoms with E-state index < -0.39 is 114 Å². The molecule has 0 aliphatic carbocycles. The number of aryl methyl sites for hydroxylation is 1. The third kappa shape index (κ3) is 17.4. The Morgan fingerprint density at radius 2 is 1.17 bits per heavy atom. The number of phenolic OH excluding ortho intramolecular Hbond substituents is 1. The third-order valence-corrected chi connectivity index (χ3v) is 15.5. The molecule has 84 heavy (non-hydrogen) atoms. The second-order valence-electron chi connectivity index (χ2n) is 15.7. The van der Waals surface area contributed by atoms with Crippen molar-refractivity contribution in [1.82, 2.24) is 14.8 Å². The molecule has 0 atom stereocenters. The summed E-state index contributed by atoms with van der Waals surface area (Å²) in [5, 5.41) is 50.0. The highest BCUT2D eigenvalue weighted by molar-refractivity contribution is 7.87. The van der Waals surface area contributed by atoms with Crippen LogP contribution in [0.5, 0.6) is 17.4 Å². The standard InChI is InChI=1S/C40H31N9O18S6.CO2.2O3S/c1-20-14-30(32(67-12-3-13-69(52,53)54)18-29(20)45-48-40-42-36-33(68-40)4-2-5-34(36)71(58,59)60)46-43-27-10-9-26-25(37(27)50)8-11-28(38(26)73(64,65)66)44-47-31-19-41-49(39(31)51)22-6-7-24-21(15-22)16-23(70(55,56)57)17-35(24)72(61,62)63;2-1-3;2*1-4(2)3/h2,4-11,14-19,50-51H,3,12-13H2,1H3,(H,52,53,54)(H,55,56,57)(H,58,59,60)(H,61,62,63)(H,64,65,66);;;. The number of rotatable bonds is 16. The number of para-hydroxylation sites is 1. The third-order valence-electron chi connectivity index (χ3n) is 10.3. The van der Waals surface area contributed by atoms with Crippen molar-refractivity contribution in [3.05, 3.63) is 96.7 Å². The predicted octanol–water partition coefficient (Wildman–Crippen LogP) is 5.81. The first-order chi connectivity index (χ1) is 38.9. The van der Waals surface area contributed by atoms with Gasteiger partial charge in [0.15, 0.2) is 11.4 Å². The number of carbonyl (C=O) groups excluding carboxylic acids is 2. The fourth-order valence-corrected chi connectivity index (χ4v) is 11.2. The minimum absolute atomic E-state index is 0.000246. The summed E-state index contributed by atoms with van der Waals surface area (Å²) in [6.07, 6.45) is 1.06. The molecular weight excluding hydrogens is 1290 g/mol. The Morgan fingerprint density at radius 1 is 0.607 bits per heavy atom. The molecule has 0 bridgehead atoms. The maximum absolute atomic E-state index is 12.8. The number of nitrogens with zero attached hydrogens (tertiary/aromatic N) is 9. The molecule has 0 aliphatic rings. The van der Waals surface area contributed by atoms with Crippen molar-refractivity contribution in [2.45, 2.75) is 32.9 Å².